The van der Waals surface area contributed by atoms with Gasteiger partial charge in [0, 0.05) is 13.0 Å². The van der Waals surface area contributed by atoms with E-state index in [0.717, 1.165) is 23.4 Å². The van der Waals surface area contributed by atoms with Crippen molar-refractivity contribution in [1.82, 2.24) is 14.3 Å². The quantitative estimate of drug-likeness (QED) is 0.521. The Morgan fingerprint density at radius 3 is 2.47 bits per heavy atom. The molecular formula is C25H31N3O4. The third-order valence-corrected chi connectivity index (χ3v) is 5.32. The standard InChI is InChI=1S/C25H31N3O4/c1-5-15-27-22(26-28(24(27)31)17-20-11-9-18(2)10-12-20)14-13-19-7-6-8-21(16-19)32-25(3,4)23(29)30/h6-12,16H,5,13-15,17H2,1-4H3,(H,29,30). The lowest BCUT2D eigenvalue weighted by Crippen LogP contribution is -2.37. The predicted molar refractivity (Wildman–Crippen MR) is 123 cm³/mol. The zero-order valence-corrected chi connectivity index (χ0v) is 19.2. The van der Waals surface area contributed by atoms with Gasteiger partial charge in [-0.1, -0.05) is 48.9 Å². The molecule has 0 saturated heterocycles. The second-order valence-corrected chi connectivity index (χ2v) is 8.56. The summed E-state index contributed by atoms with van der Waals surface area (Å²) in [5.74, 6) is 0.234. The van der Waals surface area contributed by atoms with Crippen LogP contribution in [0, 0.1) is 6.92 Å². The lowest BCUT2D eigenvalue weighted by molar-refractivity contribution is -0.152. The van der Waals surface area contributed by atoms with E-state index >= 15 is 0 Å². The Bertz CT molecular complexity index is 1130. The Balaban J connectivity index is 1.77. The van der Waals surface area contributed by atoms with Crippen LogP contribution < -0.4 is 10.4 Å². The molecule has 2 aromatic carbocycles. The van der Waals surface area contributed by atoms with Crippen molar-refractivity contribution in [3.8, 4) is 5.75 Å². The molecule has 0 spiro atoms. The Labute approximate surface area is 188 Å². The number of benzene rings is 2. The maximum atomic E-state index is 12.9. The summed E-state index contributed by atoms with van der Waals surface area (Å²) in [6.07, 6.45) is 2.11. The van der Waals surface area contributed by atoms with Gasteiger partial charge in [-0.15, -0.1) is 0 Å². The minimum absolute atomic E-state index is 0.0947. The van der Waals surface area contributed by atoms with E-state index in [-0.39, 0.29) is 5.69 Å². The number of carboxylic acid groups (broad SMARTS) is 1. The minimum Gasteiger partial charge on any atom is -0.478 e. The van der Waals surface area contributed by atoms with Gasteiger partial charge in [-0.2, -0.15) is 5.10 Å². The van der Waals surface area contributed by atoms with Gasteiger partial charge in [0.05, 0.1) is 6.54 Å². The molecule has 1 heterocycles. The fourth-order valence-corrected chi connectivity index (χ4v) is 3.45. The van der Waals surface area contributed by atoms with Crippen molar-refractivity contribution in [3.63, 3.8) is 0 Å². The fraction of sp³-hybridized carbons (Fsp3) is 0.400. The molecule has 7 heteroatoms. The molecule has 0 amide bonds. The number of aromatic nitrogens is 3. The van der Waals surface area contributed by atoms with Crippen LogP contribution in [0.15, 0.2) is 53.3 Å². The predicted octanol–water partition coefficient (Wildman–Crippen LogP) is 3.84. The van der Waals surface area contributed by atoms with Crippen molar-refractivity contribution < 1.29 is 14.6 Å². The minimum atomic E-state index is -1.31. The summed E-state index contributed by atoms with van der Waals surface area (Å²) < 4.78 is 8.93. The number of rotatable bonds is 10. The molecule has 0 aliphatic rings. The molecule has 0 aliphatic carbocycles. The van der Waals surface area contributed by atoms with Gasteiger partial charge in [0.1, 0.15) is 11.6 Å². The van der Waals surface area contributed by atoms with Gasteiger partial charge in [0.25, 0.3) is 0 Å². The summed E-state index contributed by atoms with van der Waals surface area (Å²) in [4.78, 5) is 24.3. The number of carbonyl (C=O) groups is 1. The molecule has 1 N–H and O–H groups in total. The topological polar surface area (TPSA) is 86.3 Å². The molecular weight excluding hydrogens is 406 g/mol. The first kappa shape index (κ1) is 23.3. The van der Waals surface area contributed by atoms with Crippen molar-refractivity contribution in [3.05, 3.63) is 81.5 Å². The van der Waals surface area contributed by atoms with Gasteiger partial charge in [0.2, 0.25) is 0 Å². The van der Waals surface area contributed by atoms with Crippen molar-refractivity contribution in [1.29, 1.82) is 0 Å². The Kier molecular flexibility index (Phi) is 7.18. The van der Waals surface area contributed by atoms with E-state index in [9.17, 15) is 14.7 Å². The van der Waals surface area contributed by atoms with Gasteiger partial charge in [-0.25, -0.2) is 14.3 Å². The third-order valence-electron chi connectivity index (χ3n) is 5.32. The van der Waals surface area contributed by atoms with E-state index in [1.54, 1.807) is 10.6 Å². The molecule has 0 saturated carbocycles. The summed E-state index contributed by atoms with van der Waals surface area (Å²) in [7, 11) is 0. The first-order valence-electron chi connectivity index (χ1n) is 10.9. The molecule has 0 atom stereocenters. The molecule has 7 nitrogen and oxygen atoms in total. The monoisotopic (exact) mass is 437 g/mol. The molecule has 0 radical (unpaired) electrons. The Hall–Kier alpha value is -3.35. The molecule has 3 aromatic rings. The molecule has 3 rings (SSSR count). The highest BCUT2D eigenvalue weighted by Gasteiger charge is 2.29. The van der Waals surface area contributed by atoms with Gasteiger partial charge in [0.15, 0.2) is 5.60 Å². The highest BCUT2D eigenvalue weighted by atomic mass is 16.5. The van der Waals surface area contributed by atoms with Crippen LogP contribution in [0.1, 0.15) is 49.7 Å². The van der Waals surface area contributed by atoms with Crippen molar-refractivity contribution in [2.75, 3.05) is 0 Å². The molecule has 32 heavy (non-hydrogen) atoms. The number of nitrogens with zero attached hydrogens (tertiary/aromatic N) is 3. The van der Waals surface area contributed by atoms with Crippen LogP contribution >= 0.6 is 0 Å². The van der Waals surface area contributed by atoms with Gasteiger partial charge >= 0.3 is 11.7 Å². The fourth-order valence-electron chi connectivity index (χ4n) is 3.45. The average Bonchev–Trinajstić information content (AvgIpc) is 3.03. The van der Waals surface area contributed by atoms with Gasteiger partial charge in [-0.3, -0.25) is 4.57 Å². The average molecular weight is 438 g/mol. The lowest BCUT2D eigenvalue weighted by Gasteiger charge is -2.21. The number of hydrogen-bond acceptors (Lipinski definition) is 4. The van der Waals surface area contributed by atoms with Crippen molar-refractivity contribution >= 4 is 5.97 Å². The van der Waals surface area contributed by atoms with Crippen LogP contribution in [0.3, 0.4) is 0 Å². The van der Waals surface area contributed by atoms with Gasteiger partial charge < -0.3 is 9.84 Å². The molecule has 0 unspecified atom stereocenters. The van der Waals surface area contributed by atoms with E-state index in [1.165, 1.54) is 24.1 Å². The summed E-state index contributed by atoms with van der Waals surface area (Å²) in [6, 6.07) is 15.5. The van der Waals surface area contributed by atoms with Crippen LogP contribution in [0.4, 0.5) is 0 Å². The molecule has 0 fully saturated rings. The van der Waals surface area contributed by atoms with Crippen LogP contribution in [-0.2, 0) is 30.7 Å². The summed E-state index contributed by atoms with van der Waals surface area (Å²) in [5, 5.41) is 13.9. The van der Waals surface area contributed by atoms with Crippen molar-refractivity contribution in [2.24, 2.45) is 0 Å². The number of carboxylic acids is 1. The van der Waals surface area contributed by atoms with E-state index in [0.29, 0.717) is 31.7 Å². The van der Waals surface area contributed by atoms with E-state index in [2.05, 4.69) is 5.10 Å². The van der Waals surface area contributed by atoms with Gasteiger partial charge in [-0.05, 0) is 56.9 Å². The SMILES string of the molecule is CCCn1c(CCc2cccc(OC(C)(C)C(=O)O)c2)nn(Cc2ccc(C)cc2)c1=O. The zero-order chi connectivity index (χ0) is 23.3. The lowest BCUT2D eigenvalue weighted by atomic mass is 10.1. The van der Waals surface area contributed by atoms with E-state index in [1.807, 2.05) is 56.3 Å². The largest absolute Gasteiger partial charge is 0.478 e. The third kappa shape index (κ3) is 5.66. The number of aryl methyl sites for hydroxylation is 3. The van der Waals surface area contributed by atoms with E-state index < -0.39 is 11.6 Å². The second kappa shape index (κ2) is 9.85. The molecule has 0 aliphatic heterocycles. The highest BCUT2D eigenvalue weighted by Crippen LogP contribution is 2.21. The Morgan fingerprint density at radius 2 is 1.81 bits per heavy atom. The Morgan fingerprint density at radius 1 is 1.09 bits per heavy atom. The molecule has 0 bridgehead atoms. The first-order valence-corrected chi connectivity index (χ1v) is 10.9. The maximum Gasteiger partial charge on any atom is 0.347 e. The second-order valence-electron chi connectivity index (χ2n) is 8.56. The number of hydrogen-bond donors (Lipinski definition) is 1. The molecule has 170 valence electrons. The normalized spacial score (nSPS) is 11.5. The van der Waals surface area contributed by atoms with Crippen molar-refractivity contribution in [2.45, 2.75) is 65.6 Å². The van der Waals surface area contributed by atoms with E-state index in [4.69, 9.17) is 4.74 Å². The number of ether oxygens (including phenoxy) is 1. The van der Waals surface area contributed by atoms with Crippen LogP contribution in [0.5, 0.6) is 5.75 Å². The highest BCUT2D eigenvalue weighted by molar-refractivity contribution is 5.76. The first-order chi connectivity index (χ1) is 15.2. The van der Waals surface area contributed by atoms with Crippen LogP contribution in [-0.4, -0.2) is 31.0 Å². The summed E-state index contributed by atoms with van der Waals surface area (Å²) in [5.41, 5.74) is 1.80. The summed E-state index contributed by atoms with van der Waals surface area (Å²) in [6.45, 7) is 8.18. The summed E-state index contributed by atoms with van der Waals surface area (Å²) >= 11 is 0. The smallest absolute Gasteiger partial charge is 0.347 e. The van der Waals surface area contributed by atoms with Crippen LogP contribution in [0.2, 0.25) is 0 Å². The molecule has 1 aromatic heterocycles. The number of aliphatic carboxylic acids is 1. The maximum absolute atomic E-state index is 12.9. The zero-order valence-electron chi connectivity index (χ0n) is 19.2. The van der Waals surface area contributed by atoms with Crippen LogP contribution in [0.25, 0.3) is 0 Å².